The number of ether oxygens (including phenoxy) is 1. The van der Waals surface area contributed by atoms with Crippen molar-refractivity contribution in [2.24, 2.45) is 0 Å². The van der Waals surface area contributed by atoms with Gasteiger partial charge in [0.2, 0.25) is 0 Å². The Balaban J connectivity index is 2.03. The molecule has 29 heavy (non-hydrogen) atoms. The fourth-order valence-corrected chi connectivity index (χ4v) is 3.21. The number of nitrogens with one attached hydrogen (secondary N) is 1. The fraction of sp³-hybridized carbons (Fsp3) is 0.455. The van der Waals surface area contributed by atoms with Crippen LogP contribution in [-0.4, -0.2) is 37.6 Å². The van der Waals surface area contributed by atoms with E-state index in [1.165, 1.54) is 13.0 Å². The summed E-state index contributed by atoms with van der Waals surface area (Å²) in [6, 6.07) is 11.3. The second-order valence-electron chi connectivity index (χ2n) is 7.45. The lowest BCUT2D eigenvalue weighted by Gasteiger charge is -2.32. The minimum atomic E-state index is -1.11. The Morgan fingerprint density at radius 2 is 1.79 bits per heavy atom. The van der Waals surface area contributed by atoms with Crippen LogP contribution in [0.5, 0.6) is 0 Å². The minimum Gasteiger partial charge on any atom is -0.448 e. The van der Waals surface area contributed by atoms with E-state index in [2.05, 4.69) is 11.4 Å². The summed E-state index contributed by atoms with van der Waals surface area (Å²) in [6.45, 7) is 1.43. The molecule has 1 amide bonds. The molecule has 0 bridgehead atoms. The molecule has 1 aliphatic rings. The molecule has 2 rings (SSSR count). The van der Waals surface area contributed by atoms with Crippen LogP contribution in [0, 0.1) is 22.7 Å². The molecule has 0 heterocycles. The Hall–Kier alpha value is -3.32. The average molecular weight is 394 g/mol. The molecule has 1 aromatic rings. The van der Waals surface area contributed by atoms with Crippen molar-refractivity contribution in [1.29, 1.82) is 10.5 Å². The second kappa shape index (κ2) is 9.75. The first-order valence-corrected chi connectivity index (χ1v) is 9.64. The number of carbonyl (C=O) groups is 2. The van der Waals surface area contributed by atoms with Gasteiger partial charge in [0, 0.05) is 19.8 Å². The first-order valence-electron chi connectivity index (χ1n) is 9.64. The van der Waals surface area contributed by atoms with Crippen molar-refractivity contribution in [1.82, 2.24) is 5.32 Å². The van der Waals surface area contributed by atoms with Crippen molar-refractivity contribution < 1.29 is 14.3 Å². The number of carbonyl (C=O) groups excluding carboxylic acids is 2. The van der Waals surface area contributed by atoms with Gasteiger partial charge in [-0.05, 0) is 43.5 Å². The highest BCUT2D eigenvalue weighted by molar-refractivity contribution is 5.99. The smallest absolute Gasteiger partial charge is 0.349 e. The van der Waals surface area contributed by atoms with Gasteiger partial charge < -0.3 is 15.0 Å². The number of amides is 1. The van der Waals surface area contributed by atoms with E-state index in [4.69, 9.17) is 4.74 Å². The van der Waals surface area contributed by atoms with E-state index in [1.54, 1.807) is 12.1 Å². The van der Waals surface area contributed by atoms with E-state index in [0.717, 1.165) is 24.9 Å². The number of benzene rings is 1. The highest BCUT2D eigenvalue weighted by Gasteiger charge is 2.35. The predicted octanol–water partition coefficient (Wildman–Crippen LogP) is 2.93. The number of rotatable bonds is 6. The Kier molecular flexibility index (Phi) is 7.39. The van der Waals surface area contributed by atoms with E-state index in [0.29, 0.717) is 18.4 Å². The molecule has 152 valence electrons. The van der Waals surface area contributed by atoms with Crippen LogP contribution < -0.4 is 10.2 Å². The Bertz CT molecular complexity index is 854. The molecule has 1 aliphatic carbocycles. The van der Waals surface area contributed by atoms with Crippen LogP contribution in [0.3, 0.4) is 0 Å². The van der Waals surface area contributed by atoms with Gasteiger partial charge in [0.25, 0.3) is 5.91 Å². The summed E-state index contributed by atoms with van der Waals surface area (Å²) in [5, 5.41) is 21.5. The zero-order valence-electron chi connectivity index (χ0n) is 17.1. The van der Waals surface area contributed by atoms with E-state index < -0.39 is 23.5 Å². The molecule has 7 heteroatoms. The third kappa shape index (κ3) is 5.83. The molecule has 0 aromatic heterocycles. The van der Waals surface area contributed by atoms with Crippen molar-refractivity contribution in [2.45, 2.75) is 50.7 Å². The molecular formula is C22H26N4O3. The fourth-order valence-electron chi connectivity index (χ4n) is 3.21. The molecule has 0 unspecified atom stereocenters. The van der Waals surface area contributed by atoms with Gasteiger partial charge in [0.1, 0.15) is 17.2 Å². The standard InChI is InChI=1S/C22H26N4O3/c1-16(20(27)25-22(15-24)11-5-4-6-12-22)29-21(28)18(14-23)13-17-7-9-19(10-8-17)26(2)3/h7-10,13,16H,4-6,11-12H2,1-3H3,(H,25,27)/b18-13+/t16-/m0/s1. The van der Waals surface area contributed by atoms with Crippen LogP contribution in [0.15, 0.2) is 29.8 Å². The maximum absolute atomic E-state index is 12.4. The maximum atomic E-state index is 12.4. The zero-order valence-corrected chi connectivity index (χ0v) is 17.1. The summed E-state index contributed by atoms with van der Waals surface area (Å²) in [6.07, 6.45) is 4.26. The van der Waals surface area contributed by atoms with Crippen LogP contribution in [0.2, 0.25) is 0 Å². The summed E-state index contributed by atoms with van der Waals surface area (Å²) >= 11 is 0. The number of hydrogen-bond acceptors (Lipinski definition) is 6. The first kappa shape index (κ1) is 22.0. The van der Waals surface area contributed by atoms with Gasteiger partial charge in [-0.1, -0.05) is 31.4 Å². The van der Waals surface area contributed by atoms with Crippen molar-refractivity contribution in [2.75, 3.05) is 19.0 Å². The van der Waals surface area contributed by atoms with Gasteiger partial charge in [0.15, 0.2) is 6.10 Å². The number of nitriles is 2. The number of anilines is 1. The van der Waals surface area contributed by atoms with Crippen molar-refractivity contribution in [3.05, 3.63) is 35.4 Å². The van der Waals surface area contributed by atoms with Gasteiger partial charge >= 0.3 is 5.97 Å². The number of nitrogens with zero attached hydrogens (tertiary/aromatic N) is 3. The minimum absolute atomic E-state index is 0.199. The molecule has 1 atom stereocenters. The van der Waals surface area contributed by atoms with Crippen LogP contribution in [0.1, 0.15) is 44.6 Å². The third-order valence-corrected chi connectivity index (χ3v) is 5.00. The molecule has 0 spiro atoms. The van der Waals surface area contributed by atoms with E-state index in [9.17, 15) is 20.1 Å². The van der Waals surface area contributed by atoms with Gasteiger partial charge in [0.05, 0.1) is 6.07 Å². The summed E-state index contributed by atoms with van der Waals surface area (Å²) in [5.74, 6) is -1.41. The highest BCUT2D eigenvalue weighted by atomic mass is 16.5. The van der Waals surface area contributed by atoms with Crippen LogP contribution in [0.25, 0.3) is 6.08 Å². The summed E-state index contributed by atoms with van der Waals surface area (Å²) < 4.78 is 5.17. The monoisotopic (exact) mass is 394 g/mol. The highest BCUT2D eigenvalue weighted by Crippen LogP contribution is 2.27. The SMILES string of the molecule is C[C@H](OC(=O)/C(C#N)=C/c1ccc(N(C)C)cc1)C(=O)NC1(C#N)CCCCC1. The first-order chi connectivity index (χ1) is 13.8. The molecule has 0 radical (unpaired) electrons. The largest absolute Gasteiger partial charge is 0.448 e. The Morgan fingerprint density at radius 1 is 1.17 bits per heavy atom. The van der Waals surface area contributed by atoms with Gasteiger partial charge in [-0.15, -0.1) is 0 Å². The van der Waals surface area contributed by atoms with Crippen LogP contribution in [-0.2, 0) is 14.3 Å². The lowest BCUT2D eigenvalue weighted by Crippen LogP contribution is -2.52. The lowest BCUT2D eigenvalue weighted by atomic mass is 9.83. The molecule has 7 nitrogen and oxygen atoms in total. The summed E-state index contributed by atoms with van der Waals surface area (Å²) in [4.78, 5) is 26.7. The van der Waals surface area contributed by atoms with Gasteiger partial charge in [-0.3, -0.25) is 4.79 Å². The van der Waals surface area contributed by atoms with Crippen LogP contribution >= 0.6 is 0 Å². The second-order valence-corrected chi connectivity index (χ2v) is 7.45. The molecule has 1 N–H and O–H groups in total. The number of hydrogen-bond donors (Lipinski definition) is 1. The van der Waals surface area contributed by atoms with E-state index in [1.807, 2.05) is 37.2 Å². The third-order valence-electron chi connectivity index (χ3n) is 5.00. The Labute approximate surface area is 171 Å². The van der Waals surface area contributed by atoms with Crippen LogP contribution in [0.4, 0.5) is 5.69 Å². The molecule has 1 saturated carbocycles. The van der Waals surface area contributed by atoms with E-state index >= 15 is 0 Å². The summed E-state index contributed by atoms with van der Waals surface area (Å²) in [7, 11) is 3.83. The zero-order chi connectivity index (χ0) is 21.4. The quantitative estimate of drug-likeness (QED) is 0.452. The predicted molar refractivity (Wildman–Crippen MR) is 109 cm³/mol. The molecule has 0 aliphatic heterocycles. The maximum Gasteiger partial charge on any atom is 0.349 e. The topological polar surface area (TPSA) is 106 Å². The molecule has 0 saturated heterocycles. The normalized spacial score (nSPS) is 16.7. The van der Waals surface area contributed by atoms with Gasteiger partial charge in [-0.25, -0.2) is 4.79 Å². The summed E-state index contributed by atoms with van der Waals surface area (Å²) in [5.41, 5.74) is 0.558. The number of esters is 1. The van der Waals surface area contributed by atoms with Crippen molar-refractivity contribution >= 4 is 23.6 Å². The average Bonchev–Trinajstić information content (AvgIpc) is 2.72. The van der Waals surface area contributed by atoms with Crippen molar-refractivity contribution in [3.63, 3.8) is 0 Å². The molecular weight excluding hydrogens is 368 g/mol. The molecule has 1 aromatic carbocycles. The molecule has 1 fully saturated rings. The lowest BCUT2D eigenvalue weighted by molar-refractivity contribution is -0.151. The van der Waals surface area contributed by atoms with Gasteiger partial charge in [-0.2, -0.15) is 10.5 Å². The van der Waals surface area contributed by atoms with Crippen molar-refractivity contribution in [3.8, 4) is 12.1 Å². The Morgan fingerprint density at radius 3 is 2.31 bits per heavy atom. The van der Waals surface area contributed by atoms with E-state index in [-0.39, 0.29) is 5.57 Å².